The van der Waals surface area contributed by atoms with E-state index in [1.165, 1.54) is 11.8 Å². The third-order valence-corrected chi connectivity index (χ3v) is 6.55. The largest absolute Gasteiger partial charge is 0.490 e. The van der Waals surface area contributed by atoms with Crippen LogP contribution >= 0.6 is 0 Å². The number of para-hydroxylation sites is 1. The average Bonchev–Trinajstić information content (AvgIpc) is 2.95. The van der Waals surface area contributed by atoms with E-state index in [4.69, 9.17) is 10.5 Å². The molecule has 0 saturated carbocycles. The minimum absolute atomic E-state index is 0.195. The highest BCUT2D eigenvalue weighted by Gasteiger charge is 2.40. The molecule has 37 heavy (non-hydrogen) atoms. The zero-order valence-electron chi connectivity index (χ0n) is 20.3. The molecule has 2 heterocycles. The van der Waals surface area contributed by atoms with Crippen LogP contribution in [0, 0.1) is 18.8 Å². The number of aliphatic imine (C=N–C) groups is 1. The summed E-state index contributed by atoms with van der Waals surface area (Å²) in [5.74, 6) is -4.47. The number of hydrogen-bond acceptors (Lipinski definition) is 5. The molecule has 2 aromatic carbocycles. The third kappa shape index (κ3) is 5.60. The van der Waals surface area contributed by atoms with Gasteiger partial charge < -0.3 is 20.7 Å². The monoisotopic (exact) mass is 516 g/mol. The lowest BCUT2D eigenvalue weighted by atomic mass is 9.88. The molecule has 0 aliphatic carbocycles. The van der Waals surface area contributed by atoms with Crippen molar-refractivity contribution in [1.29, 1.82) is 0 Å². The quantitative estimate of drug-likeness (QED) is 0.589. The number of halogens is 3. The minimum atomic E-state index is -4.53. The van der Waals surface area contributed by atoms with Crippen molar-refractivity contribution in [2.75, 3.05) is 18.1 Å². The summed E-state index contributed by atoms with van der Waals surface area (Å²) in [4.78, 5) is 44.7. The van der Waals surface area contributed by atoms with Crippen molar-refractivity contribution in [2.45, 2.75) is 39.0 Å². The van der Waals surface area contributed by atoms with E-state index in [9.17, 15) is 27.6 Å². The number of alkyl halides is 3. The van der Waals surface area contributed by atoms with Crippen LogP contribution in [0.2, 0.25) is 0 Å². The zero-order valence-corrected chi connectivity index (χ0v) is 20.3. The van der Waals surface area contributed by atoms with Crippen LogP contribution < -0.4 is 20.7 Å². The number of nitrogens with zero attached hydrogens (tertiary/aromatic N) is 2. The fourth-order valence-electron chi connectivity index (χ4n) is 4.57. The van der Waals surface area contributed by atoms with Gasteiger partial charge in [0.2, 0.25) is 18.0 Å². The Labute approximate surface area is 211 Å². The lowest BCUT2D eigenvalue weighted by Crippen LogP contribution is -2.52. The Bertz CT molecular complexity index is 1260. The maximum absolute atomic E-state index is 13.6. The SMILES string of the molecule is Cc1cccc(C2=N[C@H](NC(=O)[C@H](CCC(F)(F)F)[C@H](C)C(N)=O)C(=O)N3CCOc4cccc2c43)c1. The van der Waals surface area contributed by atoms with Gasteiger partial charge in [-0.05, 0) is 25.5 Å². The predicted octanol–water partition coefficient (Wildman–Crippen LogP) is 3.09. The topological polar surface area (TPSA) is 114 Å². The van der Waals surface area contributed by atoms with Gasteiger partial charge in [-0.25, -0.2) is 4.99 Å². The summed E-state index contributed by atoms with van der Waals surface area (Å²) >= 11 is 0. The standard InChI is InChI=1S/C26H27F3N4O4/c1-14-5-3-6-16(13-14)20-18-7-4-8-19-21(18)33(11-12-37-19)25(36)23(31-20)32-24(35)17(15(2)22(30)34)9-10-26(27,28)29/h3-8,13,15,17,23H,9-12H2,1-2H3,(H2,30,34)(H,32,35)/t15-,17+,23+/m0/s1. The van der Waals surface area contributed by atoms with Gasteiger partial charge in [0.1, 0.15) is 12.4 Å². The predicted molar refractivity (Wildman–Crippen MR) is 130 cm³/mol. The van der Waals surface area contributed by atoms with Crippen LogP contribution in [0.3, 0.4) is 0 Å². The van der Waals surface area contributed by atoms with Crippen LogP contribution in [0.4, 0.5) is 18.9 Å². The second-order valence-electron chi connectivity index (χ2n) is 9.20. The highest BCUT2D eigenvalue weighted by Crippen LogP contribution is 2.39. The van der Waals surface area contributed by atoms with Crippen molar-refractivity contribution in [3.05, 3.63) is 59.2 Å². The molecule has 0 saturated heterocycles. The van der Waals surface area contributed by atoms with E-state index in [1.54, 1.807) is 18.2 Å². The first kappa shape index (κ1) is 26.2. The number of nitrogens with one attached hydrogen (secondary N) is 1. The van der Waals surface area contributed by atoms with Crippen LogP contribution in [-0.4, -0.2) is 48.9 Å². The summed E-state index contributed by atoms with van der Waals surface area (Å²) in [5, 5.41) is 2.50. The fraction of sp³-hybridized carbons (Fsp3) is 0.385. The highest BCUT2D eigenvalue weighted by atomic mass is 19.4. The normalized spacial score (nSPS) is 18.6. The van der Waals surface area contributed by atoms with Crippen LogP contribution in [0.5, 0.6) is 5.75 Å². The van der Waals surface area contributed by atoms with Crippen LogP contribution in [0.25, 0.3) is 0 Å². The number of hydrogen-bond donors (Lipinski definition) is 2. The molecule has 0 aromatic heterocycles. The molecule has 3 amide bonds. The Morgan fingerprint density at radius 3 is 2.65 bits per heavy atom. The van der Waals surface area contributed by atoms with E-state index in [0.29, 0.717) is 28.3 Å². The van der Waals surface area contributed by atoms with E-state index in [-0.39, 0.29) is 13.2 Å². The smallest absolute Gasteiger partial charge is 0.389 e. The van der Waals surface area contributed by atoms with Gasteiger partial charge in [-0.1, -0.05) is 42.8 Å². The van der Waals surface area contributed by atoms with Crippen molar-refractivity contribution < 1.29 is 32.3 Å². The second-order valence-corrected chi connectivity index (χ2v) is 9.20. The molecule has 0 fully saturated rings. The Hall–Kier alpha value is -3.89. The Balaban J connectivity index is 1.76. The van der Waals surface area contributed by atoms with E-state index in [2.05, 4.69) is 10.3 Å². The van der Waals surface area contributed by atoms with Gasteiger partial charge in [0, 0.05) is 29.4 Å². The molecule has 3 N–H and O–H groups in total. The molecular formula is C26H27F3N4O4. The van der Waals surface area contributed by atoms with Crippen molar-refractivity contribution >= 4 is 29.1 Å². The Morgan fingerprint density at radius 2 is 1.97 bits per heavy atom. The first-order valence-corrected chi connectivity index (χ1v) is 11.8. The first-order chi connectivity index (χ1) is 17.5. The third-order valence-electron chi connectivity index (χ3n) is 6.55. The van der Waals surface area contributed by atoms with Crippen molar-refractivity contribution in [2.24, 2.45) is 22.6 Å². The number of nitrogens with two attached hydrogens (primary N) is 1. The second kappa shape index (κ2) is 10.2. The number of aryl methyl sites for hydroxylation is 1. The van der Waals surface area contributed by atoms with E-state index >= 15 is 0 Å². The minimum Gasteiger partial charge on any atom is -0.490 e. The molecular weight excluding hydrogens is 489 g/mol. The van der Waals surface area contributed by atoms with Crippen molar-refractivity contribution in [1.82, 2.24) is 5.32 Å². The van der Waals surface area contributed by atoms with Crippen molar-refractivity contribution in [3.63, 3.8) is 0 Å². The maximum atomic E-state index is 13.6. The zero-order chi connectivity index (χ0) is 26.9. The Kier molecular flexibility index (Phi) is 7.24. The maximum Gasteiger partial charge on any atom is 0.389 e. The van der Waals surface area contributed by atoms with E-state index < -0.39 is 54.7 Å². The van der Waals surface area contributed by atoms with Gasteiger partial charge in [-0.2, -0.15) is 13.2 Å². The number of ether oxygens (including phenoxy) is 1. The number of anilines is 1. The first-order valence-electron chi connectivity index (χ1n) is 11.8. The summed E-state index contributed by atoms with van der Waals surface area (Å²) in [5.41, 5.74) is 8.49. The lowest BCUT2D eigenvalue weighted by molar-refractivity contribution is -0.146. The van der Waals surface area contributed by atoms with E-state index in [0.717, 1.165) is 5.56 Å². The molecule has 2 aliphatic heterocycles. The van der Waals surface area contributed by atoms with Crippen LogP contribution in [-0.2, 0) is 14.4 Å². The number of carbonyl (C=O) groups excluding carboxylic acids is 3. The number of primary amides is 1. The lowest BCUT2D eigenvalue weighted by Gasteiger charge is -2.31. The number of amides is 3. The molecule has 0 radical (unpaired) electrons. The summed E-state index contributed by atoms with van der Waals surface area (Å²) in [7, 11) is 0. The van der Waals surface area contributed by atoms with Crippen LogP contribution in [0.1, 0.15) is 36.5 Å². The van der Waals surface area contributed by atoms with Gasteiger partial charge in [0.15, 0.2) is 0 Å². The van der Waals surface area contributed by atoms with Crippen molar-refractivity contribution in [3.8, 4) is 5.75 Å². The summed E-state index contributed by atoms with van der Waals surface area (Å²) < 4.78 is 44.6. The number of carbonyl (C=O) groups is 3. The average molecular weight is 517 g/mol. The molecule has 0 spiro atoms. The highest BCUT2D eigenvalue weighted by molar-refractivity contribution is 6.21. The summed E-state index contributed by atoms with van der Waals surface area (Å²) in [6.45, 7) is 3.61. The number of benzene rings is 2. The molecule has 196 valence electrons. The van der Waals surface area contributed by atoms with Gasteiger partial charge in [-0.15, -0.1) is 0 Å². The molecule has 2 aromatic rings. The van der Waals surface area contributed by atoms with Gasteiger partial charge >= 0.3 is 6.18 Å². The molecule has 2 aliphatic rings. The molecule has 3 atom stereocenters. The molecule has 0 unspecified atom stereocenters. The van der Waals surface area contributed by atoms with E-state index in [1.807, 2.05) is 31.2 Å². The molecule has 0 bridgehead atoms. The van der Waals surface area contributed by atoms with Gasteiger partial charge in [0.25, 0.3) is 5.91 Å². The fourth-order valence-corrected chi connectivity index (χ4v) is 4.57. The molecule has 11 heteroatoms. The molecule has 8 nitrogen and oxygen atoms in total. The summed E-state index contributed by atoms with van der Waals surface area (Å²) in [6, 6.07) is 12.7. The molecule has 4 rings (SSSR count). The number of rotatable bonds is 7. The van der Waals surface area contributed by atoms with Gasteiger partial charge in [-0.3, -0.25) is 14.4 Å². The Morgan fingerprint density at radius 1 is 1.24 bits per heavy atom. The van der Waals surface area contributed by atoms with Crippen LogP contribution in [0.15, 0.2) is 47.5 Å². The summed E-state index contributed by atoms with van der Waals surface area (Å²) in [6.07, 6.45) is -7.90. The van der Waals surface area contributed by atoms with Gasteiger partial charge in [0.05, 0.1) is 17.9 Å².